The number of aromatic nitrogens is 3. The molecule has 3 heterocycles. The molecule has 2 aromatic heterocycles. The van der Waals surface area contributed by atoms with Crippen LogP contribution in [-0.4, -0.2) is 51.7 Å². The zero-order chi connectivity index (χ0) is 32.1. The Kier molecular flexibility index (Phi) is 1.93. The van der Waals surface area contributed by atoms with Crippen molar-refractivity contribution >= 4 is 22.9 Å². The van der Waals surface area contributed by atoms with Crippen LogP contribution in [0.15, 0.2) is 53.3 Å². The summed E-state index contributed by atoms with van der Waals surface area (Å²) in [5.74, 6) is 0. The van der Waals surface area contributed by atoms with Crippen LogP contribution in [-0.2, 0) is 6.50 Å². The van der Waals surface area contributed by atoms with E-state index >= 15 is 0 Å². The average Bonchev–Trinajstić information content (AvgIpc) is 3.22. The lowest BCUT2D eigenvalue weighted by Gasteiger charge is -2.36. The van der Waals surface area contributed by atoms with Gasteiger partial charge >= 0.3 is 5.69 Å². The molecule has 0 amide bonds. The summed E-state index contributed by atoms with van der Waals surface area (Å²) in [6.07, 6.45) is -2.07. The van der Waals surface area contributed by atoms with Gasteiger partial charge in [-0.3, -0.25) is 9.30 Å². The van der Waals surface area contributed by atoms with Crippen molar-refractivity contribution in [2.75, 3.05) is 37.5 Å². The molecule has 0 radical (unpaired) electrons. The SMILES string of the molecule is [2H]c1c([2H])c(Cl)c([2H])c(N2C([2H])([2H])CN(C([2H])([2H])CC([2H])([2H])n3nc4c([2H])c([2H])c([2H])c([2H])n4c3=O)CC2([2H])[2H])c1[2H]. The Balaban J connectivity index is 1.73. The van der Waals surface area contributed by atoms with Gasteiger partial charge in [-0.1, -0.05) is 23.7 Å². The topological polar surface area (TPSA) is 45.8 Å². The zero-order valence-electron chi connectivity index (χ0n) is 29.1. The van der Waals surface area contributed by atoms with Crippen molar-refractivity contribution in [1.29, 1.82) is 0 Å². The van der Waals surface area contributed by atoms with Crippen LogP contribution in [0.25, 0.3) is 5.65 Å². The molecular formula is C19H22ClN5O. The van der Waals surface area contributed by atoms with E-state index in [0.29, 0.717) is 14.2 Å². The first-order chi connectivity index (χ1) is 19.0. The Morgan fingerprint density at radius 1 is 1.19 bits per heavy atom. The van der Waals surface area contributed by atoms with Gasteiger partial charge in [0.05, 0.1) is 19.2 Å². The third-order valence-corrected chi connectivity index (χ3v) is 3.55. The van der Waals surface area contributed by atoms with Gasteiger partial charge in [-0.2, -0.15) is 0 Å². The summed E-state index contributed by atoms with van der Waals surface area (Å²) in [5, 5.41) is 3.07. The Labute approximate surface area is 179 Å². The van der Waals surface area contributed by atoms with Crippen LogP contribution >= 0.6 is 11.6 Å². The summed E-state index contributed by atoms with van der Waals surface area (Å²) in [7, 11) is 0. The van der Waals surface area contributed by atoms with Crippen molar-refractivity contribution in [3.05, 3.63) is 64.0 Å². The fourth-order valence-corrected chi connectivity index (χ4v) is 2.30. The molecule has 1 aliphatic heterocycles. The number of piperazine rings is 1. The first-order valence-corrected chi connectivity index (χ1v) is 7.75. The maximum absolute atomic E-state index is 13.0. The second-order valence-corrected chi connectivity index (χ2v) is 5.38. The van der Waals surface area contributed by atoms with Crippen LogP contribution in [0.4, 0.5) is 5.69 Å². The monoisotopic (exact) mass is 387 g/mol. The van der Waals surface area contributed by atoms with E-state index in [4.69, 9.17) is 33.5 Å². The highest BCUT2D eigenvalue weighted by atomic mass is 35.5. The Morgan fingerprint density at radius 2 is 2.04 bits per heavy atom. The second kappa shape index (κ2) is 7.51. The molecule has 0 atom stereocenters. The highest BCUT2D eigenvalue weighted by Crippen LogP contribution is 2.20. The summed E-state index contributed by atoms with van der Waals surface area (Å²) in [6.45, 7) is -13.5. The Bertz CT molecular complexity index is 1620. The maximum atomic E-state index is 13.0. The summed E-state index contributed by atoms with van der Waals surface area (Å²) in [5.41, 5.74) is -2.66. The van der Waals surface area contributed by atoms with E-state index in [1.807, 2.05) is 0 Å². The molecule has 136 valence electrons. The predicted molar refractivity (Wildman–Crippen MR) is 104 cm³/mol. The van der Waals surface area contributed by atoms with Gasteiger partial charge in [-0.15, -0.1) is 5.10 Å². The number of anilines is 1. The lowest BCUT2D eigenvalue weighted by Crippen LogP contribution is -2.46. The van der Waals surface area contributed by atoms with Crippen LogP contribution in [0.3, 0.4) is 0 Å². The average molecular weight is 388 g/mol. The lowest BCUT2D eigenvalue weighted by atomic mass is 10.2. The third-order valence-electron chi connectivity index (χ3n) is 3.36. The van der Waals surface area contributed by atoms with E-state index in [9.17, 15) is 4.79 Å². The zero-order valence-corrected chi connectivity index (χ0v) is 13.9. The maximum Gasteiger partial charge on any atom is 0.350 e. The first kappa shape index (κ1) is 6.69. The van der Waals surface area contributed by atoms with Crippen molar-refractivity contribution < 1.29 is 21.9 Å². The number of hydrogen-bond donors (Lipinski definition) is 0. The van der Waals surface area contributed by atoms with Gasteiger partial charge in [0.15, 0.2) is 5.65 Å². The van der Waals surface area contributed by atoms with Crippen molar-refractivity contribution in [2.24, 2.45) is 0 Å². The molecule has 7 heteroatoms. The standard InChI is InChI=1S/C19H22ClN5O/c20-16-5-3-6-17(15-16)23-13-11-22(12-14-23)8-4-10-25-19(26)24-9-2-1-7-18(24)21-25/h1-3,5-7,9,15H,4,8,10-14H2/i1D,2D,3D,5D,6D,7D,8D2,9D,10D2,13D2,14D2,15D. The van der Waals surface area contributed by atoms with E-state index in [0.717, 1.165) is 0 Å². The van der Waals surface area contributed by atoms with Crippen LogP contribution in [0.5, 0.6) is 0 Å². The number of benzene rings is 1. The van der Waals surface area contributed by atoms with E-state index in [-0.39, 0.29) is 4.68 Å². The summed E-state index contributed by atoms with van der Waals surface area (Å²) in [4.78, 5) is 14.0. The van der Waals surface area contributed by atoms with E-state index in [1.165, 1.54) is 0 Å². The molecule has 0 spiro atoms. The van der Waals surface area contributed by atoms with Gasteiger partial charge in [0.25, 0.3) is 0 Å². The Hall–Kier alpha value is -2.31. The molecule has 1 fully saturated rings. The highest BCUT2D eigenvalue weighted by molar-refractivity contribution is 6.30. The molecule has 0 N–H and O–H groups in total. The number of aryl methyl sites for hydroxylation is 1. The normalized spacial score (nSPS) is 29.5. The second-order valence-electron chi connectivity index (χ2n) is 5.00. The molecule has 0 saturated carbocycles. The minimum absolute atomic E-state index is 0.146. The van der Waals surface area contributed by atoms with Gasteiger partial charge in [-0.25, -0.2) is 9.48 Å². The van der Waals surface area contributed by atoms with E-state index in [1.54, 1.807) is 0 Å². The van der Waals surface area contributed by atoms with E-state index in [2.05, 4.69) is 5.10 Å². The van der Waals surface area contributed by atoms with Gasteiger partial charge in [0.2, 0.25) is 0 Å². The number of rotatable bonds is 5. The number of nitrogens with zero attached hydrogens (tertiary/aromatic N) is 5. The number of hydrogen-bond acceptors (Lipinski definition) is 4. The van der Waals surface area contributed by atoms with Crippen molar-refractivity contribution in [1.82, 2.24) is 19.1 Å². The Morgan fingerprint density at radius 3 is 2.88 bits per heavy atom. The van der Waals surface area contributed by atoms with E-state index < -0.39 is 116 Å². The molecule has 4 rings (SSSR count). The smallest absolute Gasteiger partial charge is 0.350 e. The molecule has 26 heavy (non-hydrogen) atoms. The molecule has 0 bridgehead atoms. The van der Waals surface area contributed by atoms with Gasteiger partial charge in [-0.05, 0) is 36.6 Å². The molecule has 3 aromatic rings. The molecule has 1 aliphatic rings. The minimum Gasteiger partial charge on any atom is -0.369 e. The van der Waals surface area contributed by atoms with Crippen LogP contribution < -0.4 is 10.6 Å². The fraction of sp³-hybridized carbons (Fsp3) is 0.368. The van der Waals surface area contributed by atoms with Gasteiger partial charge in [0, 0.05) is 58.7 Å². The van der Waals surface area contributed by atoms with Gasteiger partial charge < -0.3 is 4.90 Å². The highest BCUT2D eigenvalue weighted by Gasteiger charge is 2.17. The quantitative estimate of drug-likeness (QED) is 0.674. The molecular weight excluding hydrogens is 350 g/mol. The predicted octanol–water partition coefficient (Wildman–Crippen LogP) is 2.36. The van der Waals surface area contributed by atoms with Crippen molar-refractivity contribution in [3.63, 3.8) is 0 Å². The minimum atomic E-state index is -3.01. The molecule has 6 nitrogen and oxygen atoms in total. The molecule has 0 unspecified atom stereocenters. The van der Waals surface area contributed by atoms with Gasteiger partial charge in [0.1, 0.15) is 0 Å². The van der Waals surface area contributed by atoms with Crippen LogP contribution in [0.2, 0.25) is 5.02 Å². The number of halogens is 1. The third kappa shape index (κ3) is 3.61. The largest absolute Gasteiger partial charge is 0.369 e. The van der Waals surface area contributed by atoms with Crippen molar-refractivity contribution in [2.45, 2.75) is 12.9 Å². The lowest BCUT2D eigenvalue weighted by molar-refractivity contribution is 0.248. The summed E-state index contributed by atoms with van der Waals surface area (Å²) in [6, 6.07) is -5.31. The van der Waals surface area contributed by atoms with Crippen LogP contribution in [0, 0.1) is 0 Å². The number of pyridine rings is 1. The van der Waals surface area contributed by atoms with Crippen LogP contribution in [0.1, 0.15) is 28.4 Å². The molecule has 0 aliphatic carbocycles. The van der Waals surface area contributed by atoms with Crippen molar-refractivity contribution in [3.8, 4) is 0 Å². The fourth-order valence-electron chi connectivity index (χ4n) is 2.16. The summed E-state index contributed by atoms with van der Waals surface area (Å²) >= 11 is 5.93. The molecule has 1 aromatic carbocycles. The summed E-state index contributed by atoms with van der Waals surface area (Å²) < 4.78 is 132. The first-order valence-electron chi connectivity index (χ1n) is 15.4. The molecule has 1 saturated heterocycles. The number of fused-ring (bicyclic) bond motifs is 1.